The molecule has 2 rings (SSSR count). The predicted molar refractivity (Wildman–Crippen MR) is 123 cm³/mol. The molecule has 0 fully saturated rings. The first-order valence-electron chi connectivity index (χ1n) is 9.72. The number of carbonyl (C=O) groups excluding carboxylic acids is 2. The Morgan fingerprint density at radius 2 is 1.71 bits per heavy atom. The summed E-state index contributed by atoms with van der Waals surface area (Å²) in [4.78, 5) is 24.2. The van der Waals surface area contributed by atoms with Crippen molar-refractivity contribution in [1.29, 1.82) is 0 Å². The van der Waals surface area contributed by atoms with Gasteiger partial charge in [-0.2, -0.15) is 9.78 Å². The first-order valence-corrected chi connectivity index (χ1v) is 10.8. The van der Waals surface area contributed by atoms with Crippen LogP contribution < -0.4 is 4.74 Å². The highest BCUT2D eigenvalue weighted by Crippen LogP contribution is 2.26. The second kappa shape index (κ2) is 10.0. The molecule has 0 spiro atoms. The normalized spacial score (nSPS) is 13.0. The van der Waals surface area contributed by atoms with Gasteiger partial charge in [0.25, 0.3) is 0 Å². The van der Waals surface area contributed by atoms with Crippen LogP contribution in [0, 0.1) is 3.70 Å². The van der Waals surface area contributed by atoms with Crippen LogP contribution in [0.3, 0.4) is 0 Å². The maximum Gasteiger partial charge on any atom is 0.508 e. The molecule has 10 heteroatoms. The van der Waals surface area contributed by atoms with E-state index in [1.165, 1.54) is 11.8 Å². The average Bonchev–Trinajstić information content (AvgIpc) is 2.95. The van der Waals surface area contributed by atoms with Crippen LogP contribution in [-0.2, 0) is 18.9 Å². The van der Waals surface area contributed by atoms with E-state index in [1.807, 2.05) is 6.07 Å². The van der Waals surface area contributed by atoms with Crippen LogP contribution in [0.2, 0.25) is 0 Å². The van der Waals surface area contributed by atoms with Gasteiger partial charge in [-0.3, -0.25) is 0 Å². The molecule has 0 N–H and O–H groups in total. The van der Waals surface area contributed by atoms with Crippen LogP contribution in [-0.4, -0.2) is 59.7 Å². The highest BCUT2D eigenvalue weighted by Gasteiger charge is 2.23. The monoisotopic (exact) mass is 548 g/mol. The summed E-state index contributed by atoms with van der Waals surface area (Å²) < 4.78 is 28.6. The Morgan fingerprint density at radius 1 is 1.06 bits per heavy atom. The van der Waals surface area contributed by atoms with Crippen LogP contribution >= 0.6 is 22.6 Å². The molecule has 0 radical (unpaired) electrons. The van der Waals surface area contributed by atoms with Gasteiger partial charge in [0, 0.05) is 18.6 Å². The third kappa shape index (κ3) is 7.84. The number of hydrogen-bond acceptors (Lipinski definition) is 8. The maximum absolute atomic E-state index is 12.5. The van der Waals surface area contributed by atoms with Crippen molar-refractivity contribution in [2.75, 3.05) is 20.3 Å². The predicted octanol–water partition coefficient (Wildman–Crippen LogP) is 4.77. The lowest BCUT2D eigenvalue weighted by Gasteiger charge is -2.21. The molecule has 0 aliphatic carbocycles. The molecule has 1 unspecified atom stereocenters. The number of ether oxygens (including phenoxy) is 5. The minimum Gasteiger partial charge on any atom is -0.491 e. The van der Waals surface area contributed by atoms with Gasteiger partial charge in [0.05, 0.1) is 5.52 Å². The van der Waals surface area contributed by atoms with E-state index in [4.69, 9.17) is 23.7 Å². The van der Waals surface area contributed by atoms with Crippen molar-refractivity contribution in [1.82, 2.24) is 9.78 Å². The lowest BCUT2D eigenvalue weighted by atomic mass is 10.2. The van der Waals surface area contributed by atoms with Crippen LogP contribution in [0.5, 0.6) is 5.75 Å². The SMILES string of the molecule is COC(COC(=O)OC(C)(C)C)COc1ccc2c(I)nn(C(=O)OC(C)(C)C)c2c1. The molecule has 0 amide bonds. The van der Waals surface area contributed by atoms with Crippen LogP contribution in [0.15, 0.2) is 18.2 Å². The number of aromatic nitrogens is 2. The van der Waals surface area contributed by atoms with Gasteiger partial charge in [0.1, 0.15) is 40.0 Å². The number of nitrogens with zero attached hydrogens (tertiary/aromatic N) is 2. The molecule has 1 atom stereocenters. The van der Waals surface area contributed by atoms with Crippen LogP contribution in [0.4, 0.5) is 9.59 Å². The van der Waals surface area contributed by atoms with E-state index in [1.54, 1.807) is 53.7 Å². The molecular weight excluding hydrogens is 519 g/mol. The van der Waals surface area contributed by atoms with Gasteiger partial charge in [0.15, 0.2) is 0 Å². The Balaban J connectivity index is 2.07. The quantitative estimate of drug-likeness (QED) is 0.376. The zero-order valence-corrected chi connectivity index (χ0v) is 21.0. The lowest BCUT2D eigenvalue weighted by molar-refractivity contribution is -0.0404. The van der Waals surface area contributed by atoms with E-state index >= 15 is 0 Å². The Kier molecular flexibility index (Phi) is 8.15. The Hall–Kier alpha value is -2.08. The molecule has 0 saturated carbocycles. The van der Waals surface area contributed by atoms with Crippen molar-refractivity contribution in [3.05, 3.63) is 21.9 Å². The third-order valence-electron chi connectivity index (χ3n) is 3.72. The number of halogens is 1. The summed E-state index contributed by atoms with van der Waals surface area (Å²) >= 11 is 2.06. The second-order valence-electron chi connectivity index (χ2n) is 8.81. The van der Waals surface area contributed by atoms with Crippen LogP contribution in [0.25, 0.3) is 10.9 Å². The summed E-state index contributed by atoms with van der Waals surface area (Å²) in [7, 11) is 1.50. The van der Waals surface area contributed by atoms with Crippen LogP contribution in [0.1, 0.15) is 41.5 Å². The molecule has 2 aromatic rings. The topological polar surface area (TPSA) is 98.1 Å². The number of methoxy groups -OCH3 is 1. The summed E-state index contributed by atoms with van der Waals surface area (Å²) in [5, 5.41) is 5.08. The first-order chi connectivity index (χ1) is 14.3. The fraction of sp³-hybridized carbons (Fsp3) is 0.571. The van der Waals surface area contributed by atoms with Gasteiger partial charge in [0.2, 0.25) is 0 Å². The molecule has 0 saturated heterocycles. The van der Waals surface area contributed by atoms with Crippen molar-refractivity contribution in [2.24, 2.45) is 0 Å². The second-order valence-corrected chi connectivity index (χ2v) is 9.83. The number of hydrogen-bond donors (Lipinski definition) is 0. The standard InChI is InChI=1S/C21H29IN2O7/c1-20(2,3)30-18(25)24-16-10-13(8-9-15(16)17(22)23-24)28-11-14(27-7)12-29-19(26)31-21(4,5)6/h8-10,14H,11-12H2,1-7H3. The minimum absolute atomic E-state index is 0.0264. The molecule has 0 bridgehead atoms. The van der Waals surface area contributed by atoms with E-state index in [0.29, 0.717) is 15.0 Å². The van der Waals surface area contributed by atoms with E-state index in [9.17, 15) is 9.59 Å². The third-order valence-corrected chi connectivity index (χ3v) is 4.52. The van der Waals surface area contributed by atoms with E-state index in [-0.39, 0.29) is 13.2 Å². The maximum atomic E-state index is 12.5. The Labute approximate surface area is 195 Å². The molecule has 0 aliphatic rings. The van der Waals surface area contributed by atoms with Gasteiger partial charge < -0.3 is 23.7 Å². The van der Waals surface area contributed by atoms with Crippen molar-refractivity contribution >= 4 is 45.7 Å². The first kappa shape index (κ1) is 25.2. The molecular formula is C21H29IN2O7. The van der Waals surface area contributed by atoms with Gasteiger partial charge in [-0.15, -0.1) is 0 Å². The smallest absolute Gasteiger partial charge is 0.491 e. The molecule has 172 valence electrons. The largest absolute Gasteiger partial charge is 0.508 e. The Morgan fingerprint density at radius 3 is 2.29 bits per heavy atom. The minimum atomic E-state index is -0.771. The van der Waals surface area contributed by atoms with Gasteiger partial charge in [-0.05, 0) is 76.3 Å². The van der Waals surface area contributed by atoms with Crippen molar-refractivity contribution in [3.63, 3.8) is 0 Å². The Bertz CT molecular complexity index is 928. The highest BCUT2D eigenvalue weighted by atomic mass is 127. The number of rotatable bonds is 6. The van der Waals surface area contributed by atoms with Gasteiger partial charge >= 0.3 is 12.2 Å². The van der Waals surface area contributed by atoms with E-state index in [2.05, 4.69) is 27.7 Å². The molecule has 9 nitrogen and oxygen atoms in total. The molecule has 1 heterocycles. The van der Waals surface area contributed by atoms with Gasteiger partial charge in [-0.25, -0.2) is 9.59 Å². The molecule has 31 heavy (non-hydrogen) atoms. The number of carbonyl (C=O) groups is 2. The van der Waals surface area contributed by atoms with Crippen molar-refractivity contribution in [2.45, 2.75) is 58.8 Å². The lowest BCUT2D eigenvalue weighted by Crippen LogP contribution is -2.30. The molecule has 1 aromatic heterocycles. The zero-order chi connectivity index (χ0) is 23.4. The molecule has 1 aromatic carbocycles. The summed E-state index contributed by atoms with van der Waals surface area (Å²) in [5.74, 6) is 0.507. The van der Waals surface area contributed by atoms with Crippen molar-refractivity contribution < 1.29 is 33.3 Å². The van der Waals surface area contributed by atoms with Crippen molar-refractivity contribution in [3.8, 4) is 5.75 Å². The fourth-order valence-corrected chi connectivity index (χ4v) is 3.08. The number of fused-ring (bicyclic) bond motifs is 1. The fourth-order valence-electron chi connectivity index (χ4n) is 2.40. The van der Waals surface area contributed by atoms with E-state index < -0.39 is 29.6 Å². The molecule has 0 aliphatic heterocycles. The highest BCUT2D eigenvalue weighted by molar-refractivity contribution is 14.1. The van der Waals surface area contributed by atoms with E-state index in [0.717, 1.165) is 5.39 Å². The summed E-state index contributed by atoms with van der Waals surface area (Å²) in [6.07, 6.45) is -1.84. The van der Waals surface area contributed by atoms with Gasteiger partial charge in [-0.1, -0.05) is 0 Å². The summed E-state index contributed by atoms with van der Waals surface area (Å²) in [5.41, 5.74) is -0.718. The number of benzene rings is 1. The average molecular weight is 548 g/mol. The summed E-state index contributed by atoms with van der Waals surface area (Å²) in [6, 6.07) is 5.29. The zero-order valence-electron chi connectivity index (χ0n) is 18.9. The summed E-state index contributed by atoms with van der Waals surface area (Å²) in [6.45, 7) is 10.7.